The minimum absolute atomic E-state index is 0.564. The predicted octanol–water partition coefficient (Wildman–Crippen LogP) is 12.7. The number of hydrogen-bond donors (Lipinski definition) is 0. The topological polar surface area (TPSA) is 48.5 Å². The summed E-state index contributed by atoms with van der Waals surface area (Å²) in [5, 5.41) is 4.66. The van der Waals surface area contributed by atoms with Crippen LogP contribution in [0.5, 0.6) is 0 Å². The summed E-state index contributed by atoms with van der Waals surface area (Å²) in [6.07, 6.45) is 0. The van der Waals surface area contributed by atoms with Crippen molar-refractivity contribution in [1.29, 1.82) is 0 Å². The van der Waals surface area contributed by atoms with Crippen molar-refractivity contribution in [2.75, 3.05) is 0 Å². The van der Waals surface area contributed by atoms with Crippen molar-refractivity contribution in [3.8, 4) is 56.7 Å². The molecule has 0 aliphatic carbocycles. The molecule has 0 saturated heterocycles. The van der Waals surface area contributed by atoms with Crippen LogP contribution in [0.1, 0.15) is 0 Å². The van der Waals surface area contributed by atoms with Gasteiger partial charge in [0.05, 0.1) is 27.8 Å². The molecule has 0 radical (unpaired) electrons. The first kappa shape index (κ1) is 31.9. The number of benzene rings is 8. The lowest BCUT2D eigenvalue weighted by Crippen LogP contribution is -2.06. The third-order valence-corrected chi connectivity index (χ3v) is 10.8. The fraction of sp³-hybridized carbons (Fsp3) is 0. The second-order valence-corrected chi connectivity index (χ2v) is 14.1. The molecule has 0 aliphatic heterocycles. The SMILES string of the molecule is c1ccc(-c2ccc3c4ccccc4n(-c4cccc5c4c4ccc(-c6ccccc6)cc4n5-c4nc(-c5ccccc5)nc(-c5ccccc5)n4)c3c2)cc1. The van der Waals surface area contributed by atoms with Gasteiger partial charge in [-0.05, 0) is 52.6 Å². The molecule has 0 saturated carbocycles. The molecule has 5 nitrogen and oxygen atoms in total. The molecule has 0 fully saturated rings. The number of aromatic nitrogens is 5. The summed E-state index contributed by atoms with van der Waals surface area (Å²) >= 11 is 0. The molecule has 262 valence electrons. The average molecular weight is 716 g/mol. The van der Waals surface area contributed by atoms with Crippen LogP contribution in [0.4, 0.5) is 0 Å². The Kier molecular flexibility index (Phi) is 7.42. The van der Waals surface area contributed by atoms with Crippen LogP contribution in [0.15, 0.2) is 200 Å². The van der Waals surface area contributed by atoms with Crippen LogP contribution < -0.4 is 0 Å². The normalized spacial score (nSPS) is 11.6. The predicted molar refractivity (Wildman–Crippen MR) is 230 cm³/mol. The highest BCUT2D eigenvalue weighted by atomic mass is 15.2. The van der Waals surface area contributed by atoms with Crippen molar-refractivity contribution in [2.24, 2.45) is 0 Å². The van der Waals surface area contributed by atoms with Crippen LogP contribution in [0, 0.1) is 0 Å². The Labute approximate surface area is 323 Å². The highest BCUT2D eigenvalue weighted by molar-refractivity contribution is 6.17. The summed E-state index contributed by atoms with van der Waals surface area (Å²) in [5.41, 5.74) is 11.9. The molecule has 0 spiro atoms. The maximum absolute atomic E-state index is 5.25. The lowest BCUT2D eigenvalue weighted by atomic mass is 10.0. The highest BCUT2D eigenvalue weighted by Crippen LogP contribution is 2.41. The number of hydrogen-bond acceptors (Lipinski definition) is 3. The molecule has 0 amide bonds. The van der Waals surface area contributed by atoms with Crippen LogP contribution >= 0.6 is 0 Å². The number of para-hydroxylation sites is 1. The molecule has 0 N–H and O–H groups in total. The van der Waals surface area contributed by atoms with E-state index in [0.717, 1.165) is 60.8 Å². The molecule has 3 aromatic heterocycles. The van der Waals surface area contributed by atoms with E-state index >= 15 is 0 Å². The van der Waals surface area contributed by atoms with E-state index in [9.17, 15) is 0 Å². The minimum Gasteiger partial charge on any atom is -0.309 e. The van der Waals surface area contributed by atoms with E-state index in [0.29, 0.717) is 17.6 Å². The van der Waals surface area contributed by atoms with Gasteiger partial charge in [0.15, 0.2) is 11.6 Å². The quantitative estimate of drug-likeness (QED) is 0.172. The first-order valence-corrected chi connectivity index (χ1v) is 18.9. The zero-order valence-corrected chi connectivity index (χ0v) is 30.3. The molecular weight excluding hydrogens is 683 g/mol. The van der Waals surface area contributed by atoms with Crippen LogP contribution in [-0.4, -0.2) is 24.1 Å². The van der Waals surface area contributed by atoms with E-state index in [1.165, 1.54) is 21.9 Å². The molecule has 0 unspecified atom stereocenters. The Morgan fingerprint density at radius 3 is 1.34 bits per heavy atom. The monoisotopic (exact) mass is 715 g/mol. The molecule has 0 atom stereocenters. The standard InChI is InChI=1S/C51H33N5/c1-5-16-34(17-6-1)38-28-30-41-40-24-13-14-25-43(40)55(46(41)32-38)44-26-15-27-45-48(44)42-31-29-39(35-18-7-2-8-19-35)33-47(42)56(45)51-53-49(36-20-9-3-10-21-36)52-50(54-51)37-22-11-4-12-23-37/h1-33H. The summed E-state index contributed by atoms with van der Waals surface area (Å²) in [7, 11) is 0. The molecule has 0 aliphatic rings. The van der Waals surface area contributed by atoms with E-state index in [4.69, 9.17) is 15.0 Å². The van der Waals surface area contributed by atoms with Gasteiger partial charge in [0.25, 0.3) is 0 Å². The van der Waals surface area contributed by atoms with E-state index in [1.54, 1.807) is 0 Å². The van der Waals surface area contributed by atoms with Crippen molar-refractivity contribution < 1.29 is 0 Å². The van der Waals surface area contributed by atoms with E-state index < -0.39 is 0 Å². The van der Waals surface area contributed by atoms with Gasteiger partial charge >= 0.3 is 0 Å². The third-order valence-electron chi connectivity index (χ3n) is 10.8. The lowest BCUT2D eigenvalue weighted by molar-refractivity contribution is 0.953. The Balaban J connectivity index is 1.25. The van der Waals surface area contributed by atoms with Gasteiger partial charge in [0.1, 0.15) is 0 Å². The van der Waals surface area contributed by atoms with Crippen molar-refractivity contribution in [1.82, 2.24) is 24.1 Å². The second-order valence-electron chi connectivity index (χ2n) is 14.1. The van der Waals surface area contributed by atoms with Gasteiger partial charge in [-0.1, -0.05) is 170 Å². The third kappa shape index (κ3) is 5.21. The van der Waals surface area contributed by atoms with E-state index in [-0.39, 0.29) is 0 Å². The smallest absolute Gasteiger partial charge is 0.238 e. The summed E-state index contributed by atoms with van der Waals surface area (Å²) in [6, 6.07) is 70.4. The maximum atomic E-state index is 5.25. The Hall–Kier alpha value is -7.63. The molecule has 11 aromatic rings. The fourth-order valence-corrected chi connectivity index (χ4v) is 8.20. The van der Waals surface area contributed by atoms with Crippen LogP contribution in [0.3, 0.4) is 0 Å². The van der Waals surface area contributed by atoms with Crippen LogP contribution in [0.2, 0.25) is 0 Å². The van der Waals surface area contributed by atoms with Gasteiger partial charge in [-0.25, -0.2) is 4.98 Å². The Morgan fingerprint density at radius 2 is 0.750 bits per heavy atom. The molecule has 3 heterocycles. The van der Waals surface area contributed by atoms with Crippen LogP contribution in [0.25, 0.3) is 100 Å². The zero-order chi connectivity index (χ0) is 37.0. The summed E-state index contributed by atoms with van der Waals surface area (Å²) in [6.45, 7) is 0. The Bertz CT molecular complexity index is 3160. The number of rotatable bonds is 6. The highest BCUT2D eigenvalue weighted by Gasteiger charge is 2.23. The zero-order valence-electron chi connectivity index (χ0n) is 30.3. The summed E-state index contributed by atoms with van der Waals surface area (Å²) in [4.78, 5) is 15.5. The average Bonchev–Trinajstić information content (AvgIpc) is 3.80. The van der Waals surface area contributed by atoms with Crippen LogP contribution in [-0.2, 0) is 0 Å². The molecular formula is C51H33N5. The number of fused-ring (bicyclic) bond motifs is 6. The van der Waals surface area contributed by atoms with Gasteiger partial charge < -0.3 is 4.57 Å². The first-order valence-electron chi connectivity index (χ1n) is 18.9. The minimum atomic E-state index is 0.564. The van der Waals surface area contributed by atoms with Gasteiger partial charge in [-0.3, -0.25) is 4.57 Å². The van der Waals surface area contributed by atoms with Gasteiger partial charge in [-0.15, -0.1) is 0 Å². The van der Waals surface area contributed by atoms with Crippen molar-refractivity contribution in [3.05, 3.63) is 200 Å². The second kappa shape index (κ2) is 13.0. The molecule has 8 aromatic carbocycles. The van der Waals surface area contributed by atoms with Gasteiger partial charge in [0, 0.05) is 32.7 Å². The fourth-order valence-electron chi connectivity index (χ4n) is 8.20. The molecule has 56 heavy (non-hydrogen) atoms. The van der Waals surface area contributed by atoms with Crippen molar-refractivity contribution in [2.45, 2.75) is 0 Å². The van der Waals surface area contributed by atoms with Gasteiger partial charge in [0.2, 0.25) is 5.95 Å². The Morgan fingerprint density at radius 1 is 0.286 bits per heavy atom. The van der Waals surface area contributed by atoms with Crippen molar-refractivity contribution in [3.63, 3.8) is 0 Å². The first-order chi connectivity index (χ1) is 27.8. The lowest BCUT2D eigenvalue weighted by Gasteiger charge is -2.13. The molecule has 11 rings (SSSR count). The van der Waals surface area contributed by atoms with E-state index in [2.05, 4.69) is 173 Å². The van der Waals surface area contributed by atoms with Gasteiger partial charge in [-0.2, -0.15) is 9.97 Å². The summed E-state index contributed by atoms with van der Waals surface area (Å²) < 4.78 is 4.66. The van der Waals surface area contributed by atoms with E-state index in [1.807, 2.05) is 36.4 Å². The molecule has 5 heteroatoms. The summed E-state index contributed by atoms with van der Waals surface area (Å²) in [5.74, 6) is 1.81. The largest absolute Gasteiger partial charge is 0.309 e. The van der Waals surface area contributed by atoms with Crippen molar-refractivity contribution >= 4 is 43.6 Å². The molecule has 0 bridgehead atoms. The maximum Gasteiger partial charge on any atom is 0.238 e. The number of nitrogens with zero attached hydrogens (tertiary/aromatic N) is 5.